The van der Waals surface area contributed by atoms with E-state index in [4.69, 9.17) is 4.74 Å². The Bertz CT molecular complexity index is 1440. The number of amides is 1. The minimum absolute atomic E-state index is 0.0567. The molecule has 0 radical (unpaired) electrons. The lowest BCUT2D eigenvalue weighted by molar-refractivity contribution is -0.148. The van der Waals surface area contributed by atoms with Crippen LogP contribution in [0.25, 0.3) is 28.5 Å². The first-order valence-electron chi connectivity index (χ1n) is 10.4. The Morgan fingerprint density at radius 1 is 1.14 bits per heavy atom. The summed E-state index contributed by atoms with van der Waals surface area (Å²) >= 11 is 0. The smallest absolute Gasteiger partial charge is 0.451 e. The summed E-state index contributed by atoms with van der Waals surface area (Å²) in [5.74, 6) is -1.06. The van der Waals surface area contributed by atoms with Crippen molar-refractivity contribution in [2.24, 2.45) is 7.05 Å². The fraction of sp³-hybridized carbons (Fsp3) is 0.286. The fourth-order valence-electron chi connectivity index (χ4n) is 4.13. The van der Waals surface area contributed by atoms with Gasteiger partial charge in [-0.25, -0.2) is 19.9 Å². The average Bonchev–Trinajstić information content (AvgIpc) is 3.41. The Kier molecular flexibility index (Phi) is 5.42. The summed E-state index contributed by atoms with van der Waals surface area (Å²) in [6.45, 7) is -0.0656. The van der Waals surface area contributed by atoms with E-state index in [0.717, 1.165) is 4.57 Å². The zero-order chi connectivity index (χ0) is 24.7. The number of ether oxygens (including phenoxy) is 1. The van der Waals surface area contributed by atoms with Gasteiger partial charge in [0.2, 0.25) is 17.6 Å². The Balaban J connectivity index is 1.51. The molecular weight excluding hydrogens is 467 g/mol. The highest BCUT2D eigenvalue weighted by Gasteiger charge is 2.39. The predicted molar refractivity (Wildman–Crippen MR) is 116 cm³/mol. The van der Waals surface area contributed by atoms with E-state index in [-0.39, 0.29) is 25.5 Å². The number of aryl methyl sites for hydroxylation is 1. The Morgan fingerprint density at radius 2 is 1.97 bits per heavy atom. The van der Waals surface area contributed by atoms with Crippen LogP contribution in [0.1, 0.15) is 17.2 Å². The van der Waals surface area contributed by atoms with Crippen LogP contribution >= 0.6 is 0 Å². The van der Waals surface area contributed by atoms with Crippen LogP contribution in [0, 0.1) is 0 Å². The third kappa shape index (κ3) is 3.86. The molecule has 11 nitrogen and oxygen atoms in total. The second-order valence-electron chi connectivity index (χ2n) is 7.68. The van der Waals surface area contributed by atoms with Crippen LogP contribution in [0.15, 0.2) is 31.0 Å². The van der Waals surface area contributed by atoms with Crippen molar-refractivity contribution in [3.8, 4) is 17.3 Å². The largest absolute Gasteiger partial charge is 0.480 e. The lowest BCUT2D eigenvalue weighted by Crippen LogP contribution is -2.38. The first-order valence-corrected chi connectivity index (χ1v) is 10.4. The summed E-state index contributed by atoms with van der Waals surface area (Å²) in [5.41, 5.74) is 2.44. The number of hydrogen-bond donors (Lipinski definition) is 0. The normalized spacial score (nSPS) is 14.0. The Hall–Kier alpha value is -4.36. The van der Waals surface area contributed by atoms with E-state index in [1.807, 2.05) is 4.57 Å². The van der Waals surface area contributed by atoms with Gasteiger partial charge in [0.1, 0.15) is 18.3 Å². The van der Waals surface area contributed by atoms with Gasteiger partial charge in [-0.2, -0.15) is 13.2 Å². The standard InChI is InChI=1S/C21H18F3N9O2/c1-31-17(13-5-6-25-10-26-13)12(16-18(31)27-11-28-19(16)35-2)3-4-15(34)32-7-8-33-14(9-32)29-30-20(33)21(22,23)24/h3-6,10-11H,7-9H2,1-2H3/b4-3+. The molecule has 0 aromatic carbocycles. The van der Waals surface area contributed by atoms with Crippen molar-refractivity contribution in [3.63, 3.8) is 0 Å². The first-order chi connectivity index (χ1) is 16.8. The van der Waals surface area contributed by atoms with Crippen LogP contribution in [-0.2, 0) is 31.1 Å². The number of nitrogens with zero attached hydrogens (tertiary/aromatic N) is 9. The van der Waals surface area contributed by atoms with Gasteiger partial charge in [-0.15, -0.1) is 10.2 Å². The molecule has 1 amide bonds. The molecule has 35 heavy (non-hydrogen) atoms. The van der Waals surface area contributed by atoms with Gasteiger partial charge >= 0.3 is 6.18 Å². The molecule has 5 heterocycles. The van der Waals surface area contributed by atoms with E-state index in [2.05, 4.69) is 30.1 Å². The second kappa shape index (κ2) is 8.45. The molecule has 0 unspecified atom stereocenters. The van der Waals surface area contributed by atoms with E-state index < -0.39 is 17.9 Å². The quantitative estimate of drug-likeness (QED) is 0.404. The summed E-state index contributed by atoms with van der Waals surface area (Å²) in [6, 6.07) is 1.73. The molecule has 14 heteroatoms. The monoisotopic (exact) mass is 485 g/mol. The highest BCUT2D eigenvalue weighted by molar-refractivity contribution is 6.01. The number of carbonyl (C=O) groups excluding carboxylic acids is 1. The molecule has 4 aromatic rings. The maximum Gasteiger partial charge on any atom is 0.451 e. The molecule has 0 bridgehead atoms. The number of rotatable bonds is 4. The van der Waals surface area contributed by atoms with Crippen LogP contribution in [0.5, 0.6) is 5.88 Å². The second-order valence-corrected chi connectivity index (χ2v) is 7.68. The van der Waals surface area contributed by atoms with Crippen molar-refractivity contribution in [1.29, 1.82) is 0 Å². The van der Waals surface area contributed by atoms with Crippen LogP contribution in [0.2, 0.25) is 0 Å². The summed E-state index contributed by atoms with van der Waals surface area (Å²) in [7, 11) is 3.29. The number of carbonyl (C=O) groups is 1. The predicted octanol–water partition coefficient (Wildman–Crippen LogP) is 2.10. The van der Waals surface area contributed by atoms with Crippen molar-refractivity contribution >= 4 is 23.0 Å². The minimum atomic E-state index is -4.61. The molecule has 0 N–H and O–H groups in total. The highest BCUT2D eigenvalue weighted by Crippen LogP contribution is 2.36. The zero-order valence-corrected chi connectivity index (χ0v) is 18.6. The number of aromatic nitrogens is 8. The topological polar surface area (TPSA) is 117 Å². The molecule has 0 atom stereocenters. The van der Waals surface area contributed by atoms with Crippen LogP contribution in [-0.4, -0.2) is 63.7 Å². The van der Waals surface area contributed by atoms with Crippen molar-refractivity contribution in [3.05, 3.63) is 48.2 Å². The van der Waals surface area contributed by atoms with E-state index in [0.29, 0.717) is 33.9 Å². The van der Waals surface area contributed by atoms with Gasteiger partial charge < -0.3 is 18.8 Å². The van der Waals surface area contributed by atoms with E-state index in [1.54, 1.807) is 25.4 Å². The van der Waals surface area contributed by atoms with E-state index >= 15 is 0 Å². The third-order valence-electron chi connectivity index (χ3n) is 5.70. The van der Waals surface area contributed by atoms with Crippen molar-refractivity contribution < 1.29 is 22.7 Å². The van der Waals surface area contributed by atoms with Crippen LogP contribution in [0.4, 0.5) is 13.2 Å². The maximum absolute atomic E-state index is 13.1. The number of alkyl halides is 3. The molecule has 0 fully saturated rings. The summed E-state index contributed by atoms with van der Waals surface area (Å²) in [4.78, 5) is 31.2. The minimum Gasteiger partial charge on any atom is -0.480 e. The highest BCUT2D eigenvalue weighted by atomic mass is 19.4. The van der Waals surface area contributed by atoms with Gasteiger partial charge in [-0.1, -0.05) is 0 Å². The molecule has 0 saturated carbocycles. The van der Waals surface area contributed by atoms with Gasteiger partial charge in [0.25, 0.3) is 0 Å². The third-order valence-corrected chi connectivity index (χ3v) is 5.70. The molecule has 4 aromatic heterocycles. The maximum atomic E-state index is 13.1. The lowest BCUT2D eigenvalue weighted by Gasteiger charge is -2.27. The molecule has 0 aliphatic carbocycles. The molecular formula is C21H18F3N9O2. The molecule has 1 aliphatic heterocycles. The van der Waals surface area contributed by atoms with Gasteiger partial charge in [0, 0.05) is 38.0 Å². The molecule has 180 valence electrons. The number of methoxy groups -OCH3 is 1. The SMILES string of the molecule is COc1ncnc2c1c(/C=C/C(=O)N1CCn3c(nnc3C(F)(F)F)C1)c(-c1ccncn1)n2C. The molecule has 0 saturated heterocycles. The Morgan fingerprint density at radius 3 is 2.69 bits per heavy atom. The number of fused-ring (bicyclic) bond motifs is 2. The van der Waals surface area contributed by atoms with Crippen molar-refractivity contribution in [2.75, 3.05) is 13.7 Å². The first kappa shape index (κ1) is 22.4. The average molecular weight is 485 g/mol. The molecule has 1 aliphatic rings. The van der Waals surface area contributed by atoms with Crippen LogP contribution < -0.4 is 4.74 Å². The van der Waals surface area contributed by atoms with Gasteiger partial charge in [0.15, 0.2) is 5.82 Å². The number of hydrogen-bond acceptors (Lipinski definition) is 8. The zero-order valence-electron chi connectivity index (χ0n) is 18.6. The summed E-state index contributed by atoms with van der Waals surface area (Å²) < 4.78 is 47.5. The van der Waals surface area contributed by atoms with Crippen molar-refractivity contribution in [2.45, 2.75) is 19.3 Å². The Labute approximate surface area is 195 Å². The molecule has 5 rings (SSSR count). The van der Waals surface area contributed by atoms with Crippen molar-refractivity contribution in [1.82, 2.24) is 44.2 Å². The van der Waals surface area contributed by atoms with Gasteiger partial charge in [0.05, 0.1) is 30.4 Å². The van der Waals surface area contributed by atoms with E-state index in [9.17, 15) is 18.0 Å². The fourth-order valence-corrected chi connectivity index (χ4v) is 4.13. The van der Waals surface area contributed by atoms with Gasteiger partial charge in [-0.3, -0.25) is 4.79 Å². The number of halogens is 3. The summed E-state index contributed by atoms with van der Waals surface area (Å²) in [5, 5.41) is 7.45. The van der Waals surface area contributed by atoms with Crippen LogP contribution in [0.3, 0.4) is 0 Å². The van der Waals surface area contributed by atoms with Gasteiger partial charge in [-0.05, 0) is 12.1 Å². The lowest BCUT2D eigenvalue weighted by atomic mass is 10.1. The molecule has 0 spiro atoms. The van der Waals surface area contributed by atoms with E-state index in [1.165, 1.54) is 30.7 Å². The summed E-state index contributed by atoms with van der Waals surface area (Å²) in [6.07, 6.45) is 2.73.